The summed E-state index contributed by atoms with van der Waals surface area (Å²) in [5.74, 6) is 1.57. The zero-order valence-corrected chi connectivity index (χ0v) is 14.5. The van der Waals surface area contributed by atoms with Gasteiger partial charge in [0.1, 0.15) is 0 Å². The van der Waals surface area contributed by atoms with Gasteiger partial charge in [0.2, 0.25) is 0 Å². The summed E-state index contributed by atoms with van der Waals surface area (Å²) >= 11 is 3.69. The fourth-order valence-corrected chi connectivity index (χ4v) is 4.42. The van der Waals surface area contributed by atoms with Crippen molar-refractivity contribution in [3.8, 4) is 0 Å². The van der Waals surface area contributed by atoms with Gasteiger partial charge in [0.25, 0.3) is 0 Å². The Labute approximate surface area is 136 Å². The molecule has 1 fully saturated rings. The van der Waals surface area contributed by atoms with Crippen LogP contribution in [-0.2, 0) is 0 Å². The van der Waals surface area contributed by atoms with Crippen LogP contribution in [0.15, 0.2) is 40.9 Å². The van der Waals surface area contributed by atoms with Gasteiger partial charge in [0.15, 0.2) is 0 Å². The lowest BCUT2D eigenvalue weighted by Gasteiger charge is -2.29. The van der Waals surface area contributed by atoms with E-state index in [1.165, 1.54) is 40.1 Å². The number of hydrogen-bond acceptors (Lipinski definition) is 1. The summed E-state index contributed by atoms with van der Waals surface area (Å²) in [6.07, 6.45) is 4.10. The first-order valence-electron chi connectivity index (χ1n) is 8.13. The van der Waals surface area contributed by atoms with Crippen LogP contribution >= 0.6 is 15.9 Å². The fraction of sp³-hybridized carbons (Fsp3) is 0.474. The molecule has 1 nitrogen and oxygen atoms in total. The largest absolute Gasteiger partial charge is 0.310 e. The van der Waals surface area contributed by atoms with Crippen molar-refractivity contribution in [3.05, 3.63) is 46.4 Å². The molecule has 0 aromatic heterocycles. The Kier molecular flexibility index (Phi) is 4.66. The van der Waals surface area contributed by atoms with Crippen LogP contribution in [-0.4, -0.2) is 6.54 Å². The van der Waals surface area contributed by atoms with E-state index in [2.05, 4.69) is 71.5 Å². The van der Waals surface area contributed by atoms with Crippen molar-refractivity contribution < 1.29 is 0 Å². The number of fused-ring (bicyclic) bond motifs is 1. The average molecular weight is 346 g/mol. The van der Waals surface area contributed by atoms with Gasteiger partial charge in [-0.1, -0.05) is 73.0 Å². The second-order valence-electron chi connectivity index (χ2n) is 6.29. The molecular formula is C19H24BrN. The van der Waals surface area contributed by atoms with Crippen LogP contribution in [0.25, 0.3) is 10.8 Å². The first-order valence-corrected chi connectivity index (χ1v) is 8.92. The molecule has 2 aromatic rings. The average Bonchev–Trinajstić information content (AvgIpc) is 2.92. The van der Waals surface area contributed by atoms with Crippen LogP contribution in [0.4, 0.5) is 0 Å². The van der Waals surface area contributed by atoms with E-state index in [1.807, 2.05) is 0 Å². The van der Waals surface area contributed by atoms with Crippen LogP contribution in [0.5, 0.6) is 0 Å². The van der Waals surface area contributed by atoms with Gasteiger partial charge < -0.3 is 5.32 Å². The summed E-state index contributed by atoms with van der Waals surface area (Å²) in [4.78, 5) is 0. The van der Waals surface area contributed by atoms with Gasteiger partial charge in [-0.3, -0.25) is 0 Å². The van der Waals surface area contributed by atoms with Crippen molar-refractivity contribution in [3.63, 3.8) is 0 Å². The molecule has 0 amide bonds. The van der Waals surface area contributed by atoms with E-state index in [9.17, 15) is 0 Å². The van der Waals surface area contributed by atoms with Crippen molar-refractivity contribution in [2.24, 2.45) is 11.8 Å². The second kappa shape index (κ2) is 6.50. The maximum Gasteiger partial charge on any atom is 0.0357 e. The second-order valence-corrected chi connectivity index (χ2v) is 7.14. The zero-order chi connectivity index (χ0) is 14.8. The van der Waals surface area contributed by atoms with Crippen LogP contribution in [0.1, 0.15) is 44.7 Å². The van der Waals surface area contributed by atoms with E-state index < -0.39 is 0 Å². The van der Waals surface area contributed by atoms with Crippen molar-refractivity contribution in [2.75, 3.05) is 6.54 Å². The van der Waals surface area contributed by atoms with E-state index in [4.69, 9.17) is 0 Å². The lowest BCUT2D eigenvalue weighted by molar-refractivity contribution is 0.307. The topological polar surface area (TPSA) is 12.0 Å². The Morgan fingerprint density at radius 1 is 1.14 bits per heavy atom. The van der Waals surface area contributed by atoms with E-state index >= 15 is 0 Å². The molecule has 1 aliphatic rings. The Morgan fingerprint density at radius 2 is 1.90 bits per heavy atom. The molecule has 1 aliphatic carbocycles. The SMILES string of the molecule is CCNC(c1ccc(Br)c2ccccc12)C1CCCC1C. The normalized spacial score (nSPS) is 23.6. The molecule has 0 aliphatic heterocycles. The van der Waals surface area contributed by atoms with Gasteiger partial charge in [-0.05, 0) is 47.2 Å². The smallest absolute Gasteiger partial charge is 0.0357 e. The van der Waals surface area contributed by atoms with Gasteiger partial charge in [-0.2, -0.15) is 0 Å². The molecular weight excluding hydrogens is 322 g/mol. The highest BCUT2D eigenvalue weighted by atomic mass is 79.9. The Hall–Kier alpha value is -0.860. The lowest BCUT2D eigenvalue weighted by atomic mass is 9.84. The number of rotatable bonds is 4. The first-order chi connectivity index (χ1) is 10.2. The van der Waals surface area contributed by atoms with Crippen molar-refractivity contribution in [2.45, 2.75) is 39.2 Å². The van der Waals surface area contributed by atoms with Crippen LogP contribution in [0, 0.1) is 11.8 Å². The van der Waals surface area contributed by atoms with E-state index in [1.54, 1.807) is 0 Å². The third-order valence-corrected chi connectivity index (χ3v) is 5.71. The van der Waals surface area contributed by atoms with Crippen LogP contribution in [0.2, 0.25) is 0 Å². The summed E-state index contributed by atoms with van der Waals surface area (Å²) < 4.78 is 1.19. The van der Waals surface area contributed by atoms with Crippen LogP contribution in [0.3, 0.4) is 0 Å². The van der Waals surface area contributed by atoms with Crippen molar-refractivity contribution in [1.29, 1.82) is 0 Å². The Morgan fingerprint density at radius 3 is 2.57 bits per heavy atom. The highest BCUT2D eigenvalue weighted by molar-refractivity contribution is 9.10. The highest BCUT2D eigenvalue weighted by Crippen LogP contribution is 2.42. The van der Waals surface area contributed by atoms with E-state index in [0.717, 1.165) is 18.4 Å². The maximum atomic E-state index is 3.77. The molecule has 112 valence electrons. The zero-order valence-electron chi connectivity index (χ0n) is 12.9. The van der Waals surface area contributed by atoms with Gasteiger partial charge in [-0.15, -0.1) is 0 Å². The lowest BCUT2D eigenvalue weighted by Crippen LogP contribution is -2.29. The first kappa shape index (κ1) is 15.1. The Balaban J connectivity index is 2.09. The third kappa shape index (κ3) is 2.89. The maximum absolute atomic E-state index is 3.77. The molecule has 3 rings (SSSR count). The molecule has 1 saturated carbocycles. The monoisotopic (exact) mass is 345 g/mol. The minimum atomic E-state index is 0.477. The summed E-state index contributed by atoms with van der Waals surface area (Å²) in [5, 5.41) is 6.48. The van der Waals surface area contributed by atoms with E-state index in [0.29, 0.717) is 6.04 Å². The van der Waals surface area contributed by atoms with Gasteiger partial charge >= 0.3 is 0 Å². The number of halogens is 1. The summed E-state index contributed by atoms with van der Waals surface area (Å²) in [7, 11) is 0. The summed E-state index contributed by atoms with van der Waals surface area (Å²) in [6, 6.07) is 13.7. The molecule has 3 atom stereocenters. The molecule has 0 bridgehead atoms. The molecule has 0 heterocycles. The number of benzene rings is 2. The minimum absolute atomic E-state index is 0.477. The molecule has 0 radical (unpaired) electrons. The fourth-order valence-electron chi connectivity index (χ4n) is 3.94. The van der Waals surface area contributed by atoms with Gasteiger partial charge in [-0.25, -0.2) is 0 Å². The van der Waals surface area contributed by atoms with Gasteiger partial charge in [0.05, 0.1) is 0 Å². The molecule has 3 unspecified atom stereocenters. The molecule has 2 heteroatoms. The summed E-state index contributed by atoms with van der Waals surface area (Å²) in [6.45, 7) is 5.66. The van der Waals surface area contributed by atoms with Crippen molar-refractivity contribution in [1.82, 2.24) is 5.32 Å². The van der Waals surface area contributed by atoms with Gasteiger partial charge in [0, 0.05) is 10.5 Å². The molecule has 21 heavy (non-hydrogen) atoms. The van der Waals surface area contributed by atoms with E-state index in [-0.39, 0.29) is 0 Å². The summed E-state index contributed by atoms with van der Waals surface area (Å²) in [5.41, 5.74) is 1.47. The minimum Gasteiger partial charge on any atom is -0.310 e. The predicted molar refractivity (Wildman–Crippen MR) is 94.6 cm³/mol. The Bertz CT molecular complexity index is 622. The molecule has 0 saturated heterocycles. The van der Waals surface area contributed by atoms with Crippen LogP contribution < -0.4 is 5.32 Å². The standard InChI is InChI=1S/C19H24BrN/c1-3-21-19(14-10-6-7-13(14)2)17-11-12-18(20)16-9-5-4-8-15(16)17/h4-5,8-9,11-14,19,21H,3,6-7,10H2,1-2H3. The number of hydrogen-bond donors (Lipinski definition) is 1. The third-order valence-electron chi connectivity index (χ3n) is 5.02. The van der Waals surface area contributed by atoms with Crippen molar-refractivity contribution >= 4 is 26.7 Å². The predicted octanol–water partition coefficient (Wildman–Crippen LogP) is 5.69. The quantitative estimate of drug-likeness (QED) is 0.750. The highest BCUT2D eigenvalue weighted by Gasteiger charge is 2.32. The number of nitrogens with one attached hydrogen (secondary N) is 1. The molecule has 1 N–H and O–H groups in total. The molecule has 2 aromatic carbocycles. The molecule has 0 spiro atoms.